The van der Waals surface area contributed by atoms with Crippen LogP contribution in [0, 0.1) is 0 Å². The first-order valence-corrected chi connectivity index (χ1v) is 10.9. The molecule has 3 aromatic rings. The van der Waals surface area contributed by atoms with Gasteiger partial charge in [0, 0.05) is 23.5 Å². The second-order valence-corrected chi connectivity index (χ2v) is 8.22. The third kappa shape index (κ3) is 4.82. The molecule has 0 aliphatic heterocycles. The second kappa shape index (κ2) is 9.64. The number of rotatable bonds is 8. The highest BCUT2D eigenvalue weighted by Gasteiger charge is 2.26. The molecule has 3 N–H and O–H groups in total. The molecule has 0 saturated heterocycles. The number of fused-ring (bicyclic) bond motifs is 3. The van der Waals surface area contributed by atoms with Crippen molar-refractivity contribution in [1.29, 1.82) is 0 Å². The standard InChI is InChI=1S/C25H29NO5/c1-16(15-30-17-8-3-2-4-9-17)26-14-21(27)24(28)20-12-7-13-22-23(20)18-10-5-6-11-19(18)25(29)31-22/h2-4,7-9,12-13,16,21,24,26-28H,5-6,10-11,14-15H2,1H3. The minimum atomic E-state index is -1.10. The van der Waals surface area contributed by atoms with Crippen molar-refractivity contribution in [2.75, 3.05) is 13.2 Å². The first-order chi connectivity index (χ1) is 15.0. The fraction of sp³-hybridized carbons (Fsp3) is 0.400. The van der Waals surface area contributed by atoms with Crippen LogP contribution in [0.15, 0.2) is 57.7 Å². The highest BCUT2D eigenvalue weighted by Crippen LogP contribution is 2.33. The Morgan fingerprint density at radius 2 is 1.77 bits per heavy atom. The molecule has 3 unspecified atom stereocenters. The van der Waals surface area contributed by atoms with E-state index in [4.69, 9.17) is 9.15 Å². The maximum absolute atomic E-state index is 12.3. The molecule has 0 bridgehead atoms. The molecule has 1 aromatic heterocycles. The predicted octanol–water partition coefficient (Wildman–Crippen LogP) is 3.12. The molecule has 2 aromatic carbocycles. The van der Waals surface area contributed by atoms with Crippen molar-refractivity contribution >= 4 is 11.0 Å². The molecule has 1 heterocycles. The summed E-state index contributed by atoms with van der Waals surface area (Å²) >= 11 is 0. The average Bonchev–Trinajstić information content (AvgIpc) is 2.81. The third-order valence-corrected chi connectivity index (χ3v) is 5.88. The third-order valence-electron chi connectivity index (χ3n) is 5.88. The van der Waals surface area contributed by atoms with Crippen LogP contribution in [0.1, 0.15) is 42.6 Å². The minimum absolute atomic E-state index is 0.0136. The molecule has 31 heavy (non-hydrogen) atoms. The van der Waals surface area contributed by atoms with E-state index < -0.39 is 12.2 Å². The van der Waals surface area contributed by atoms with Crippen LogP contribution in [0.3, 0.4) is 0 Å². The first kappa shape index (κ1) is 21.6. The lowest BCUT2D eigenvalue weighted by molar-refractivity contribution is 0.0178. The minimum Gasteiger partial charge on any atom is -0.492 e. The molecule has 3 atom stereocenters. The van der Waals surface area contributed by atoms with E-state index in [1.54, 1.807) is 18.2 Å². The van der Waals surface area contributed by atoms with Gasteiger partial charge < -0.3 is 24.7 Å². The van der Waals surface area contributed by atoms with E-state index in [0.29, 0.717) is 29.7 Å². The summed E-state index contributed by atoms with van der Waals surface area (Å²) in [6.07, 6.45) is 1.32. The first-order valence-electron chi connectivity index (χ1n) is 10.9. The zero-order valence-electron chi connectivity index (χ0n) is 17.7. The molecule has 6 heteroatoms. The molecule has 0 amide bonds. The van der Waals surface area contributed by atoms with E-state index in [0.717, 1.165) is 36.0 Å². The van der Waals surface area contributed by atoms with E-state index in [-0.39, 0.29) is 18.2 Å². The van der Waals surface area contributed by atoms with Crippen molar-refractivity contribution in [2.45, 2.75) is 50.9 Å². The van der Waals surface area contributed by atoms with Crippen LogP contribution in [0.2, 0.25) is 0 Å². The Labute approximate surface area is 181 Å². The van der Waals surface area contributed by atoms with Crippen LogP contribution in [0.5, 0.6) is 5.75 Å². The highest BCUT2D eigenvalue weighted by atomic mass is 16.5. The summed E-state index contributed by atoms with van der Waals surface area (Å²) < 4.78 is 11.3. The Kier molecular flexibility index (Phi) is 6.70. The van der Waals surface area contributed by atoms with Crippen LogP contribution in [0.25, 0.3) is 11.0 Å². The van der Waals surface area contributed by atoms with Gasteiger partial charge >= 0.3 is 5.63 Å². The van der Waals surface area contributed by atoms with Crippen molar-refractivity contribution in [1.82, 2.24) is 5.32 Å². The number of para-hydroxylation sites is 1. The maximum atomic E-state index is 12.3. The number of aliphatic hydroxyl groups excluding tert-OH is 2. The van der Waals surface area contributed by atoms with Crippen LogP contribution in [-0.4, -0.2) is 35.5 Å². The smallest absolute Gasteiger partial charge is 0.339 e. The zero-order valence-corrected chi connectivity index (χ0v) is 17.7. The molecule has 0 saturated carbocycles. The van der Waals surface area contributed by atoms with Crippen LogP contribution in [-0.2, 0) is 12.8 Å². The van der Waals surface area contributed by atoms with E-state index in [2.05, 4.69) is 5.32 Å². The summed E-state index contributed by atoms with van der Waals surface area (Å²) in [5.74, 6) is 0.791. The average molecular weight is 424 g/mol. The molecule has 6 nitrogen and oxygen atoms in total. The van der Waals surface area contributed by atoms with Crippen LogP contribution >= 0.6 is 0 Å². The largest absolute Gasteiger partial charge is 0.492 e. The maximum Gasteiger partial charge on any atom is 0.339 e. The molecule has 1 aliphatic rings. The molecule has 0 radical (unpaired) electrons. The SMILES string of the molecule is CC(COc1ccccc1)NCC(O)C(O)c1cccc2oc(=O)c3c(c12)CCCC3. The second-order valence-electron chi connectivity index (χ2n) is 8.22. The lowest BCUT2D eigenvalue weighted by Gasteiger charge is -2.24. The monoisotopic (exact) mass is 423 g/mol. The fourth-order valence-corrected chi connectivity index (χ4v) is 4.21. The van der Waals surface area contributed by atoms with Gasteiger partial charge in [-0.3, -0.25) is 0 Å². The number of hydrogen-bond donors (Lipinski definition) is 3. The van der Waals surface area contributed by atoms with E-state index in [1.807, 2.05) is 37.3 Å². The van der Waals surface area contributed by atoms with Crippen LogP contribution in [0.4, 0.5) is 0 Å². The van der Waals surface area contributed by atoms with E-state index in [1.165, 1.54) is 0 Å². The Bertz CT molecular complexity index is 1080. The number of hydrogen-bond acceptors (Lipinski definition) is 6. The number of aliphatic hydroxyl groups is 2. The number of nitrogens with one attached hydrogen (secondary N) is 1. The van der Waals surface area contributed by atoms with Gasteiger partial charge in [0.15, 0.2) is 0 Å². The zero-order chi connectivity index (χ0) is 21.8. The van der Waals surface area contributed by atoms with Gasteiger partial charge in [0.1, 0.15) is 24.0 Å². The quantitative estimate of drug-likeness (QED) is 0.482. The Hall–Kier alpha value is -2.67. The van der Waals surface area contributed by atoms with E-state index in [9.17, 15) is 15.0 Å². The normalized spacial score (nSPS) is 16.5. The number of ether oxygens (including phenoxy) is 1. The van der Waals surface area contributed by atoms with E-state index >= 15 is 0 Å². The van der Waals surface area contributed by atoms with Gasteiger partial charge in [0.2, 0.25) is 0 Å². The number of benzene rings is 2. The molecular weight excluding hydrogens is 394 g/mol. The topological polar surface area (TPSA) is 91.9 Å². The van der Waals surface area contributed by atoms with Crippen molar-refractivity contribution in [3.8, 4) is 5.75 Å². The Morgan fingerprint density at radius 1 is 1.03 bits per heavy atom. The molecule has 4 rings (SSSR count). The predicted molar refractivity (Wildman–Crippen MR) is 119 cm³/mol. The molecule has 0 fully saturated rings. The lowest BCUT2D eigenvalue weighted by Crippen LogP contribution is -2.39. The Morgan fingerprint density at radius 3 is 2.55 bits per heavy atom. The van der Waals surface area contributed by atoms with Crippen molar-refractivity contribution in [3.05, 3.63) is 75.6 Å². The van der Waals surface area contributed by atoms with Crippen molar-refractivity contribution < 1.29 is 19.4 Å². The molecular formula is C25H29NO5. The van der Waals surface area contributed by atoms with Gasteiger partial charge in [-0.15, -0.1) is 0 Å². The van der Waals surface area contributed by atoms with Crippen molar-refractivity contribution in [3.63, 3.8) is 0 Å². The summed E-state index contributed by atoms with van der Waals surface area (Å²) in [5, 5.41) is 25.6. The summed E-state index contributed by atoms with van der Waals surface area (Å²) in [4.78, 5) is 12.3. The molecule has 0 spiro atoms. The van der Waals surface area contributed by atoms with Crippen LogP contribution < -0.4 is 15.7 Å². The Balaban J connectivity index is 1.46. The van der Waals surface area contributed by atoms with Gasteiger partial charge in [-0.2, -0.15) is 0 Å². The summed E-state index contributed by atoms with van der Waals surface area (Å²) in [6, 6.07) is 14.8. The van der Waals surface area contributed by atoms with Gasteiger partial charge in [-0.05, 0) is 61.9 Å². The number of aryl methyl sites for hydroxylation is 1. The molecule has 164 valence electrons. The summed E-state index contributed by atoms with van der Waals surface area (Å²) in [6.45, 7) is 2.61. The van der Waals surface area contributed by atoms with Gasteiger partial charge in [-0.1, -0.05) is 30.3 Å². The highest BCUT2D eigenvalue weighted by molar-refractivity contribution is 5.85. The molecule has 1 aliphatic carbocycles. The fourth-order valence-electron chi connectivity index (χ4n) is 4.21. The van der Waals surface area contributed by atoms with Gasteiger partial charge in [-0.25, -0.2) is 4.79 Å². The lowest BCUT2D eigenvalue weighted by atomic mass is 9.87. The summed E-state index contributed by atoms with van der Waals surface area (Å²) in [5.41, 5.74) is 2.44. The van der Waals surface area contributed by atoms with Gasteiger partial charge in [0.25, 0.3) is 0 Å². The van der Waals surface area contributed by atoms with Crippen molar-refractivity contribution in [2.24, 2.45) is 0 Å². The summed E-state index contributed by atoms with van der Waals surface area (Å²) in [7, 11) is 0. The van der Waals surface area contributed by atoms with Gasteiger partial charge in [0.05, 0.1) is 6.10 Å².